The Hall–Kier alpha value is -1.89. The summed E-state index contributed by atoms with van der Waals surface area (Å²) in [5, 5.41) is 16.2. The van der Waals surface area contributed by atoms with Crippen molar-refractivity contribution in [3.63, 3.8) is 0 Å². The van der Waals surface area contributed by atoms with Crippen LogP contribution in [0.4, 0.5) is 11.8 Å². The normalized spacial score (nSPS) is 32.7. The van der Waals surface area contributed by atoms with Crippen molar-refractivity contribution in [2.75, 3.05) is 10.6 Å². The van der Waals surface area contributed by atoms with Crippen molar-refractivity contribution in [3.05, 3.63) is 11.8 Å². The minimum absolute atomic E-state index is 0.0678. The average Bonchev–Trinajstić information content (AvgIpc) is 2.40. The summed E-state index contributed by atoms with van der Waals surface area (Å²) in [6.45, 7) is 7.62. The summed E-state index contributed by atoms with van der Waals surface area (Å²) in [7, 11) is 0. The number of rotatable bonds is 4. The van der Waals surface area contributed by atoms with Gasteiger partial charge in [-0.1, -0.05) is 6.92 Å². The lowest BCUT2D eigenvalue weighted by atomic mass is 9.85. The topological polar surface area (TPSA) is 113 Å². The second kappa shape index (κ2) is 6.70. The molecule has 2 rings (SSSR count). The van der Waals surface area contributed by atoms with Gasteiger partial charge in [-0.05, 0) is 46.0 Å². The Bertz CT molecular complexity index is 662. The molecular formula is C16H27N5O2. The van der Waals surface area contributed by atoms with E-state index in [0.717, 1.165) is 0 Å². The van der Waals surface area contributed by atoms with Crippen molar-refractivity contribution in [2.45, 2.75) is 64.6 Å². The average molecular weight is 323 g/mol. The molecule has 1 saturated carbocycles. The number of amides is 1. The number of hydrogen-bond acceptors (Lipinski definition) is 6. The van der Waals surface area contributed by atoms with E-state index in [9.17, 15) is 9.90 Å². The van der Waals surface area contributed by atoms with Gasteiger partial charge in [-0.3, -0.25) is 4.79 Å². The SMILES string of the molecule is [2H]C1(Nc2nc(NC(C)(C)C)ncc2C(N)=O)CCC(C)C([2H])(O)C1. The summed E-state index contributed by atoms with van der Waals surface area (Å²) in [5.74, 6) is -0.505. The number of hydrogen-bond donors (Lipinski definition) is 4. The van der Waals surface area contributed by atoms with Gasteiger partial charge in [0.1, 0.15) is 5.82 Å². The number of nitrogens with zero attached hydrogens (tertiary/aromatic N) is 2. The van der Waals surface area contributed by atoms with Crippen LogP contribution < -0.4 is 16.4 Å². The molecule has 1 aromatic rings. The lowest BCUT2D eigenvalue weighted by Crippen LogP contribution is -2.36. The molecule has 0 spiro atoms. The van der Waals surface area contributed by atoms with Crippen LogP contribution in [0.15, 0.2) is 6.20 Å². The minimum atomic E-state index is -1.71. The standard InChI is InChI=1S/C16H27N5O2/c1-9-5-6-10(7-12(9)22)19-14-11(13(17)23)8-18-15(20-14)21-16(2,3)4/h8-10,12,22H,5-7H2,1-4H3,(H2,17,23)(H2,18,19,20,21)/i10D,12D. The molecule has 1 aromatic heterocycles. The highest BCUT2D eigenvalue weighted by Crippen LogP contribution is 2.27. The molecule has 0 aliphatic heterocycles. The van der Waals surface area contributed by atoms with Crippen molar-refractivity contribution < 1.29 is 12.6 Å². The van der Waals surface area contributed by atoms with E-state index < -0.39 is 18.0 Å². The third kappa shape index (κ3) is 4.79. The molecule has 1 fully saturated rings. The van der Waals surface area contributed by atoms with Crippen LogP contribution >= 0.6 is 0 Å². The highest BCUT2D eigenvalue weighted by atomic mass is 16.3. The predicted octanol–water partition coefficient (Wildman–Crippen LogP) is 1.75. The first-order chi connectivity index (χ1) is 11.3. The monoisotopic (exact) mass is 323 g/mol. The van der Waals surface area contributed by atoms with Crippen molar-refractivity contribution in [1.29, 1.82) is 0 Å². The molecule has 0 saturated heterocycles. The summed E-state index contributed by atoms with van der Waals surface area (Å²) in [6.07, 6.45) is 0.429. The number of aliphatic hydroxyl groups is 1. The van der Waals surface area contributed by atoms with Crippen LogP contribution in [0, 0.1) is 5.92 Å². The molecule has 1 aliphatic rings. The third-order valence-electron chi connectivity index (χ3n) is 3.68. The van der Waals surface area contributed by atoms with Gasteiger partial charge in [0.25, 0.3) is 5.91 Å². The molecule has 1 amide bonds. The van der Waals surface area contributed by atoms with Crippen LogP contribution in [-0.2, 0) is 0 Å². The maximum Gasteiger partial charge on any atom is 0.254 e. The number of carbonyl (C=O) groups excluding carboxylic acids is 1. The first-order valence-corrected chi connectivity index (χ1v) is 7.77. The Labute approximate surface area is 139 Å². The van der Waals surface area contributed by atoms with E-state index in [2.05, 4.69) is 20.6 Å². The quantitative estimate of drug-likeness (QED) is 0.671. The molecule has 0 radical (unpaired) electrons. The molecule has 3 unspecified atom stereocenters. The largest absolute Gasteiger partial charge is 0.393 e. The fourth-order valence-electron chi connectivity index (χ4n) is 2.37. The Morgan fingerprint density at radius 1 is 1.48 bits per heavy atom. The van der Waals surface area contributed by atoms with Crippen LogP contribution in [0.2, 0.25) is 0 Å². The van der Waals surface area contributed by atoms with Crippen LogP contribution in [0.3, 0.4) is 0 Å². The second-order valence-corrected chi connectivity index (χ2v) is 7.03. The van der Waals surface area contributed by atoms with Gasteiger partial charge in [-0.25, -0.2) is 4.98 Å². The first kappa shape index (κ1) is 14.7. The number of anilines is 2. The van der Waals surface area contributed by atoms with E-state index in [1.807, 2.05) is 20.8 Å². The Morgan fingerprint density at radius 3 is 2.74 bits per heavy atom. The van der Waals surface area contributed by atoms with Crippen LogP contribution in [0.25, 0.3) is 0 Å². The molecule has 0 bridgehead atoms. The van der Waals surface area contributed by atoms with Gasteiger partial charge in [0.05, 0.1) is 14.4 Å². The van der Waals surface area contributed by atoms with Gasteiger partial charge in [-0.2, -0.15) is 4.98 Å². The number of primary amides is 1. The number of nitrogens with two attached hydrogens (primary N) is 1. The fourth-order valence-corrected chi connectivity index (χ4v) is 2.37. The van der Waals surface area contributed by atoms with Crippen molar-refractivity contribution in [1.82, 2.24) is 9.97 Å². The van der Waals surface area contributed by atoms with Crippen molar-refractivity contribution in [2.24, 2.45) is 11.7 Å². The predicted molar refractivity (Wildman–Crippen MR) is 90.4 cm³/mol. The zero-order valence-electron chi connectivity index (χ0n) is 16.1. The van der Waals surface area contributed by atoms with Crippen molar-refractivity contribution in [3.8, 4) is 0 Å². The molecule has 128 valence electrons. The molecule has 23 heavy (non-hydrogen) atoms. The molecular weight excluding hydrogens is 294 g/mol. The summed E-state index contributed by atoms with van der Waals surface area (Å²) < 4.78 is 16.6. The van der Waals surface area contributed by atoms with E-state index in [0.29, 0.717) is 18.8 Å². The van der Waals surface area contributed by atoms with Gasteiger partial charge in [0.2, 0.25) is 5.95 Å². The van der Waals surface area contributed by atoms with E-state index >= 15 is 0 Å². The van der Waals surface area contributed by atoms with Gasteiger partial charge < -0.3 is 21.5 Å². The van der Waals surface area contributed by atoms with Gasteiger partial charge in [0, 0.05) is 17.8 Å². The van der Waals surface area contributed by atoms with Gasteiger partial charge in [0.15, 0.2) is 0 Å². The lowest BCUT2D eigenvalue weighted by molar-refractivity contribution is 0.0739. The first-order valence-electron chi connectivity index (χ1n) is 8.77. The number of nitrogens with one attached hydrogen (secondary N) is 2. The Morgan fingerprint density at radius 2 is 2.17 bits per heavy atom. The van der Waals surface area contributed by atoms with E-state index in [-0.39, 0.29) is 29.3 Å². The van der Waals surface area contributed by atoms with Gasteiger partial charge >= 0.3 is 0 Å². The summed E-state index contributed by atoms with van der Waals surface area (Å²) in [4.78, 5) is 20.1. The molecule has 5 N–H and O–H groups in total. The van der Waals surface area contributed by atoms with Crippen LogP contribution in [0.5, 0.6) is 0 Å². The molecule has 0 aromatic carbocycles. The maximum absolute atomic E-state index is 11.7. The Balaban J connectivity index is 2.33. The highest BCUT2D eigenvalue weighted by Gasteiger charge is 2.27. The summed E-state index contributed by atoms with van der Waals surface area (Å²) in [6, 6.07) is -1.32. The fraction of sp³-hybridized carbons (Fsp3) is 0.688. The van der Waals surface area contributed by atoms with E-state index in [1.165, 1.54) is 6.20 Å². The number of aromatic nitrogens is 2. The van der Waals surface area contributed by atoms with Crippen LogP contribution in [-0.4, -0.2) is 38.6 Å². The van der Waals surface area contributed by atoms with E-state index in [1.54, 1.807) is 6.92 Å². The highest BCUT2D eigenvalue weighted by molar-refractivity contribution is 5.97. The van der Waals surface area contributed by atoms with Crippen molar-refractivity contribution >= 4 is 17.7 Å². The number of carbonyl (C=O) groups is 1. The summed E-state index contributed by atoms with van der Waals surface area (Å²) in [5.41, 5.74) is 5.17. The molecule has 3 atom stereocenters. The molecule has 1 aliphatic carbocycles. The van der Waals surface area contributed by atoms with Crippen LogP contribution in [0.1, 0.15) is 60.1 Å². The zero-order valence-corrected chi connectivity index (χ0v) is 14.1. The third-order valence-corrected chi connectivity index (χ3v) is 3.68. The molecule has 1 heterocycles. The summed E-state index contributed by atoms with van der Waals surface area (Å²) >= 11 is 0. The zero-order chi connectivity index (χ0) is 19.0. The molecule has 7 nitrogen and oxygen atoms in total. The van der Waals surface area contributed by atoms with E-state index in [4.69, 9.17) is 8.48 Å². The lowest BCUT2D eigenvalue weighted by Gasteiger charge is -2.32. The van der Waals surface area contributed by atoms with Gasteiger partial charge in [-0.15, -0.1) is 0 Å². The molecule has 7 heteroatoms. The second-order valence-electron chi connectivity index (χ2n) is 7.03. The maximum atomic E-state index is 11.7. The smallest absolute Gasteiger partial charge is 0.254 e. The Kier molecular flexibility index (Phi) is 4.28. The minimum Gasteiger partial charge on any atom is -0.393 e.